The molecule has 1 saturated heterocycles. The monoisotopic (exact) mass is 324 g/mol. The summed E-state index contributed by atoms with van der Waals surface area (Å²) in [6, 6.07) is 7.66. The maximum absolute atomic E-state index is 3.68. The number of nitrogens with one attached hydrogen (secondary N) is 1. The van der Waals surface area contributed by atoms with E-state index in [1.54, 1.807) is 0 Å². The number of piperazine rings is 1. The lowest BCUT2D eigenvalue weighted by Crippen LogP contribution is -2.56. The van der Waals surface area contributed by atoms with Gasteiger partial charge in [-0.1, -0.05) is 35.8 Å². The van der Waals surface area contributed by atoms with Crippen LogP contribution in [-0.4, -0.2) is 25.2 Å². The maximum Gasteiger partial charge on any atom is 0.0410 e. The van der Waals surface area contributed by atoms with Gasteiger partial charge in [-0.3, -0.25) is 0 Å². The smallest absolute Gasteiger partial charge is 0.0410 e. The molecule has 1 aromatic rings. The fraction of sp³-hybridized carbons (Fsp3) is 0.625. The van der Waals surface area contributed by atoms with Crippen molar-refractivity contribution in [2.45, 2.75) is 46.2 Å². The molecule has 0 aromatic heterocycles. The van der Waals surface area contributed by atoms with E-state index >= 15 is 0 Å². The summed E-state index contributed by atoms with van der Waals surface area (Å²) in [4.78, 5) is 2.56. The van der Waals surface area contributed by atoms with Crippen molar-refractivity contribution in [1.29, 1.82) is 0 Å². The number of halogens is 1. The van der Waals surface area contributed by atoms with E-state index in [0.29, 0.717) is 12.1 Å². The minimum atomic E-state index is 0.552. The third-order valence-corrected chi connectivity index (χ3v) is 4.81. The van der Waals surface area contributed by atoms with Gasteiger partial charge in [-0.2, -0.15) is 0 Å². The van der Waals surface area contributed by atoms with E-state index in [-0.39, 0.29) is 0 Å². The normalized spacial score (nSPS) is 24.0. The third kappa shape index (κ3) is 3.51. The van der Waals surface area contributed by atoms with Crippen LogP contribution in [0.5, 0.6) is 0 Å². The molecule has 19 heavy (non-hydrogen) atoms. The summed E-state index contributed by atoms with van der Waals surface area (Å²) in [6.07, 6.45) is 1.25. The van der Waals surface area contributed by atoms with Crippen LogP contribution in [0.15, 0.2) is 22.7 Å². The Bertz CT molecular complexity index is 431. The third-order valence-electron chi connectivity index (χ3n) is 3.96. The lowest BCUT2D eigenvalue weighted by molar-refractivity contribution is 0.355. The number of rotatable bonds is 3. The van der Waals surface area contributed by atoms with Gasteiger partial charge in [0.2, 0.25) is 0 Å². The van der Waals surface area contributed by atoms with Crippen LogP contribution < -0.4 is 10.2 Å². The standard InChI is InChI=1S/C16H25BrN2/c1-11(2)8-14-10-19(12(3)9-18-14)16-7-5-6-15(17)13(16)4/h5-7,11-12,14,18H,8-10H2,1-4H3. The second-order valence-corrected chi connectivity index (χ2v) is 6.97. The Kier molecular flexibility index (Phi) is 4.91. The largest absolute Gasteiger partial charge is 0.366 e. The van der Waals surface area contributed by atoms with Crippen LogP contribution >= 0.6 is 15.9 Å². The van der Waals surface area contributed by atoms with Gasteiger partial charge in [0.15, 0.2) is 0 Å². The van der Waals surface area contributed by atoms with Crippen molar-refractivity contribution >= 4 is 21.6 Å². The molecule has 1 aliphatic rings. The zero-order valence-electron chi connectivity index (χ0n) is 12.4. The molecule has 0 aliphatic carbocycles. The van der Waals surface area contributed by atoms with Crippen LogP contribution in [0.1, 0.15) is 32.8 Å². The molecule has 2 rings (SSSR count). The van der Waals surface area contributed by atoms with E-state index in [1.165, 1.54) is 22.1 Å². The van der Waals surface area contributed by atoms with Crippen molar-refractivity contribution in [3.63, 3.8) is 0 Å². The van der Waals surface area contributed by atoms with Gasteiger partial charge in [0.05, 0.1) is 0 Å². The number of hydrogen-bond donors (Lipinski definition) is 1. The van der Waals surface area contributed by atoms with E-state index in [0.717, 1.165) is 19.0 Å². The van der Waals surface area contributed by atoms with Gasteiger partial charge in [0.1, 0.15) is 0 Å². The quantitative estimate of drug-likeness (QED) is 0.905. The average molecular weight is 325 g/mol. The van der Waals surface area contributed by atoms with Crippen molar-refractivity contribution in [2.75, 3.05) is 18.0 Å². The number of anilines is 1. The van der Waals surface area contributed by atoms with Crippen LogP contribution in [0.25, 0.3) is 0 Å². The van der Waals surface area contributed by atoms with Crippen LogP contribution in [0.2, 0.25) is 0 Å². The zero-order chi connectivity index (χ0) is 14.0. The molecule has 1 aromatic carbocycles. The lowest BCUT2D eigenvalue weighted by Gasteiger charge is -2.41. The molecular weight excluding hydrogens is 300 g/mol. The lowest BCUT2D eigenvalue weighted by atomic mass is 9.99. The van der Waals surface area contributed by atoms with E-state index < -0.39 is 0 Å². The fourth-order valence-electron chi connectivity index (χ4n) is 2.90. The first-order valence-electron chi connectivity index (χ1n) is 7.24. The summed E-state index contributed by atoms with van der Waals surface area (Å²) in [5.74, 6) is 0.747. The summed E-state index contributed by atoms with van der Waals surface area (Å²) in [6.45, 7) is 11.3. The summed E-state index contributed by atoms with van der Waals surface area (Å²) in [5.41, 5.74) is 2.72. The molecule has 0 radical (unpaired) electrons. The van der Waals surface area contributed by atoms with E-state index in [4.69, 9.17) is 0 Å². The number of benzene rings is 1. The Labute approximate surface area is 125 Å². The molecule has 2 unspecified atom stereocenters. The maximum atomic E-state index is 3.68. The van der Waals surface area contributed by atoms with Gasteiger partial charge in [-0.15, -0.1) is 0 Å². The van der Waals surface area contributed by atoms with Gasteiger partial charge >= 0.3 is 0 Å². The molecule has 1 aliphatic heterocycles. The molecule has 0 bridgehead atoms. The highest BCUT2D eigenvalue weighted by Gasteiger charge is 2.26. The van der Waals surface area contributed by atoms with E-state index in [1.807, 2.05) is 0 Å². The minimum Gasteiger partial charge on any atom is -0.366 e. The minimum absolute atomic E-state index is 0.552. The first-order valence-corrected chi connectivity index (χ1v) is 8.03. The second kappa shape index (κ2) is 6.27. The molecule has 2 nitrogen and oxygen atoms in total. The van der Waals surface area contributed by atoms with Crippen molar-refractivity contribution < 1.29 is 0 Å². The Balaban J connectivity index is 2.19. The Morgan fingerprint density at radius 1 is 1.42 bits per heavy atom. The first-order chi connectivity index (χ1) is 8.99. The molecule has 0 spiro atoms. The molecule has 2 atom stereocenters. The molecule has 0 saturated carbocycles. The Hall–Kier alpha value is -0.540. The predicted molar refractivity (Wildman–Crippen MR) is 86.9 cm³/mol. The molecule has 1 fully saturated rings. The Morgan fingerprint density at radius 2 is 2.16 bits per heavy atom. The topological polar surface area (TPSA) is 15.3 Å². The SMILES string of the molecule is Cc1c(Br)cccc1N1CC(CC(C)C)NCC1C. The van der Waals surface area contributed by atoms with Gasteiger partial charge in [0.25, 0.3) is 0 Å². The fourth-order valence-corrected chi connectivity index (χ4v) is 3.25. The van der Waals surface area contributed by atoms with Crippen LogP contribution in [0.4, 0.5) is 5.69 Å². The van der Waals surface area contributed by atoms with Crippen LogP contribution in [0, 0.1) is 12.8 Å². The molecule has 1 N–H and O–H groups in total. The highest BCUT2D eigenvalue weighted by Crippen LogP contribution is 2.29. The van der Waals surface area contributed by atoms with Crippen molar-refractivity contribution in [2.24, 2.45) is 5.92 Å². The summed E-state index contributed by atoms with van der Waals surface area (Å²) >= 11 is 3.65. The highest BCUT2D eigenvalue weighted by molar-refractivity contribution is 9.10. The molecule has 106 valence electrons. The van der Waals surface area contributed by atoms with Crippen LogP contribution in [0.3, 0.4) is 0 Å². The number of hydrogen-bond acceptors (Lipinski definition) is 2. The average Bonchev–Trinajstić information content (AvgIpc) is 2.35. The van der Waals surface area contributed by atoms with Crippen molar-refractivity contribution in [3.8, 4) is 0 Å². The molecule has 1 heterocycles. The molecule has 3 heteroatoms. The first kappa shape index (κ1) is 14.9. The molecule has 0 amide bonds. The zero-order valence-corrected chi connectivity index (χ0v) is 14.0. The Morgan fingerprint density at radius 3 is 2.84 bits per heavy atom. The van der Waals surface area contributed by atoms with E-state index in [9.17, 15) is 0 Å². The summed E-state index contributed by atoms with van der Waals surface area (Å²) in [7, 11) is 0. The summed E-state index contributed by atoms with van der Waals surface area (Å²) < 4.78 is 1.20. The second-order valence-electron chi connectivity index (χ2n) is 6.12. The summed E-state index contributed by atoms with van der Waals surface area (Å²) in [5, 5.41) is 3.68. The van der Waals surface area contributed by atoms with Gasteiger partial charge in [0, 0.05) is 35.3 Å². The van der Waals surface area contributed by atoms with Crippen molar-refractivity contribution in [1.82, 2.24) is 5.32 Å². The number of nitrogens with zero attached hydrogens (tertiary/aromatic N) is 1. The van der Waals surface area contributed by atoms with Crippen molar-refractivity contribution in [3.05, 3.63) is 28.2 Å². The highest BCUT2D eigenvalue weighted by atomic mass is 79.9. The predicted octanol–water partition coefficient (Wildman–Crippen LogP) is 3.97. The molecular formula is C16H25BrN2. The van der Waals surface area contributed by atoms with Gasteiger partial charge in [-0.05, 0) is 43.9 Å². The van der Waals surface area contributed by atoms with Gasteiger partial charge < -0.3 is 10.2 Å². The van der Waals surface area contributed by atoms with Crippen LogP contribution in [-0.2, 0) is 0 Å². The van der Waals surface area contributed by atoms with E-state index in [2.05, 4.69) is 72.0 Å². The van der Waals surface area contributed by atoms with Gasteiger partial charge in [-0.25, -0.2) is 0 Å².